The molecule has 100 valence electrons. The summed E-state index contributed by atoms with van der Waals surface area (Å²) in [7, 11) is 2.18. The topological polar surface area (TPSA) is 51.4 Å². The van der Waals surface area contributed by atoms with Gasteiger partial charge in [-0.2, -0.15) is 0 Å². The molecule has 2 fully saturated rings. The summed E-state index contributed by atoms with van der Waals surface area (Å²) in [5, 5.41) is 3.47. The summed E-state index contributed by atoms with van der Waals surface area (Å²) in [6, 6.07) is 0. The van der Waals surface area contributed by atoms with Gasteiger partial charge in [0, 0.05) is 36.2 Å². The van der Waals surface area contributed by atoms with Gasteiger partial charge in [0.05, 0.1) is 23.9 Å². The molecule has 0 bridgehead atoms. The van der Waals surface area contributed by atoms with Crippen LogP contribution in [0.25, 0.3) is 0 Å². The second kappa shape index (κ2) is 4.89. The van der Waals surface area contributed by atoms with Crippen molar-refractivity contribution < 1.29 is 4.74 Å². The molecular weight excluding hydrogens is 246 g/mol. The zero-order chi connectivity index (χ0) is 12.6. The van der Waals surface area contributed by atoms with Crippen molar-refractivity contribution in [3.63, 3.8) is 0 Å². The van der Waals surface area contributed by atoms with Crippen LogP contribution in [-0.4, -0.2) is 49.8 Å². The van der Waals surface area contributed by atoms with Gasteiger partial charge in [-0.05, 0) is 20.0 Å². The van der Waals surface area contributed by atoms with Gasteiger partial charge in [0.1, 0.15) is 0 Å². The summed E-state index contributed by atoms with van der Waals surface area (Å²) in [6.45, 7) is 4.63. The maximum atomic E-state index is 5.85. The molecule has 3 rings (SSSR count). The van der Waals surface area contributed by atoms with Crippen LogP contribution < -0.4 is 5.73 Å². The van der Waals surface area contributed by atoms with Crippen LogP contribution in [0.1, 0.15) is 23.0 Å². The number of likely N-dealkylation sites (tertiary alicyclic amines) is 1. The molecule has 2 aliphatic heterocycles. The Bertz CT molecular complexity index is 411. The molecule has 0 spiro atoms. The molecule has 2 aliphatic rings. The average molecular weight is 267 g/mol. The van der Waals surface area contributed by atoms with Crippen molar-refractivity contribution in [3.05, 3.63) is 16.1 Å². The molecule has 18 heavy (non-hydrogen) atoms. The molecule has 0 saturated carbocycles. The van der Waals surface area contributed by atoms with Gasteiger partial charge in [-0.1, -0.05) is 0 Å². The quantitative estimate of drug-likeness (QED) is 0.887. The number of nitrogens with zero attached hydrogens (tertiary/aromatic N) is 2. The third-order valence-corrected chi connectivity index (χ3v) is 5.02. The number of thiazole rings is 1. The van der Waals surface area contributed by atoms with Crippen molar-refractivity contribution in [2.75, 3.05) is 39.9 Å². The standard InChI is InChI=1S/C13H21N3OS/c1-16-3-2-10(5-16)11-6-18-12(15-11)4-13(7-14)8-17-9-13/h6,10H,2-5,7-9,14H2,1H3. The molecule has 0 aliphatic carbocycles. The summed E-state index contributed by atoms with van der Waals surface area (Å²) in [5.41, 5.74) is 7.31. The Balaban J connectivity index is 1.66. The number of hydrogen-bond acceptors (Lipinski definition) is 5. The van der Waals surface area contributed by atoms with Crippen LogP contribution in [0, 0.1) is 5.41 Å². The lowest BCUT2D eigenvalue weighted by molar-refractivity contribution is -0.106. The fourth-order valence-electron chi connectivity index (χ4n) is 2.77. The van der Waals surface area contributed by atoms with Gasteiger partial charge < -0.3 is 15.4 Å². The first-order valence-corrected chi connectivity index (χ1v) is 7.49. The van der Waals surface area contributed by atoms with E-state index in [9.17, 15) is 0 Å². The van der Waals surface area contributed by atoms with E-state index in [0.29, 0.717) is 12.5 Å². The predicted octanol–water partition coefficient (Wildman–Crippen LogP) is 1.08. The first-order chi connectivity index (χ1) is 8.71. The van der Waals surface area contributed by atoms with Crippen LogP contribution in [0.3, 0.4) is 0 Å². The SMILES string of the molecule is CN1CCC(c2csc(CC3(CN)COC3)n2)C1. The highest BCUT2D eigenvalue weighted by Gasteiger charge is 2.38. The van der Waals surface area contributed by atoms with E-state index >= 15 is 0 Å². The Kier molecular flexibility index (Phi) is 3.40. The lowest BCUT2D eigenvalue weighted by atomic mass is 9.83. The largest absolute Gasteiger partial charge is 0.380 e. The van der Waals surface area contributed by atoms with E-state index in [4.69, 9.17) is 15.5 Å². The van der Waals surface area contributed by atoms with Gasteiger partial charge in [-0.25, -0.2) is 4.98 Å². The number of likely N-dealkylation sites (N-methyl/N-ethyl adjacent to an activating group) is 1. The van der Waals surface area contributed by atoms with Crippen LogP contribution in [0.5, 0.6) is 0 Å². The fourth-order valence-corrected chi connectivity index (χ4v) is 3.82. The first kappa shape index (κ1) is 12.5. The summed E-state index contributed by atoms with van der Waals surface area (Å²) >= 11 is 1.79. The maximum Gasteiger partial charge on any atom is 0.0936 e. The van der Waals surface area contributed by atoms with E-state index in [2.05, 4.69) is 17.3 Å². The summed E-state index contributed by atoms with van der Waals surface area (Å²) < 4.78 is 5.31. The summed E-state index contributed by atoms with van der Waals surface area (Å²) in [6.07, 6.45) is 2.22. The molecule has 1 unspecified atom stereocenters. The molecule has 2 saturated heterocycles. The normalized spacial score (nSPS) is 27.3. The summed E-state index contributed by atoms with van der Waals surface area (Å²) in [5.74, 6) is 0.631. The lowest BCUT2D eigenvalue weighted by Crippen LogP contribution is -2.49. The van der Waals surface area contributed by atoms with Crippen molar-refractivity contribution in [2.45, 2.75) is 18.8 Å². The Labute approximate surface area is 112 Å². The van der Waals surface area contributed by atoms with E-state index < -0.39 is 0 Å². The molecule has 0 radical (unpaired) electrons. The molecular formula is C13H21N3OS. The second-order valence-corrected chi connectivity index (χ2v) is 6.73. The average Bonchev–Trinajstić information content (AvgIpc) is 2.92. The third-order valence-electron chi connectivity index (χ3n) is 4.15. The molecule has 2 N–H and O–H groups in total. The summed E-state index contributed by atoms with van der Waals surface area (Å²) in [4.78, 5) is 7.20. The van der Waals surface area contributed by atoms with Gasteiger partial charge in [0.2, 0.25) is 0 Å². The lowest BCUT2D eigenvalue weighted by Gasteiger charge is -2.39. The minimum atomic E-state index is 0.168. The fraction of sp³-hybridized carbons (Fsp3) is 0.769. The molecule has 1 aromatic heterocycles. The number of ether oxygens (including phenoxy) is 1. The highest BCUT2D eigenvalue weighted by Crippen LogP contribution is 2.33. The smallest absolute Gasteiger partial charge is 0.0936 e. The van der Waals surface area contributed by atoms with E-state index in [-0.39, 0.29) is 5.41 Å². The molecule has 1 aromatic rings. The highest BCUT2D eigenvalue weighted by molar-refractivity contribution is 7.09. The minimum absolute atomic E-state index is 0.168. The van der Waals surface area contributed by atoms with E-state index in [1.807, 2.05) is 0 Å². The van der Waals surface area contributed by atoms with E-state index in [1.54, 1.807) is 11.3 Å². The molecule has 0 aromatic carbocycles. The van der Waals surface area contributed by atoms with Crippen LogP contribution >= 0.6 is 11.3 Å². The van der Waals surface area contributed by atoms with E-state index in [1.165, 1.54) is 23.7 Å². The van der Waals surface area contributed by atoms with Gasteiger partial charge in [-0.15, -0.1) is 11.3 Å². The van der Waals surface area contributed by atoms with Crippen molar-refractivity contribution in [1.82, 2.24) is 9.88 Å². The molecule has 0 amide bonds. The number of rotatable bonds is 4. The highest BCUT2D eigenvalue weighted by atomic mass is 32.1. The Morgan fingerprint density at radius 3 is 3.00 bits per heavy atom. The maximum absolute atomic E-state index is 5.85. The van der Waals surface area contributed by atoms with Gasteiger partial charge in [0.25, 0.3) is 0 Å². The number of aromatic nitrogens is 1. The Hall–Kier alpha value is -0.490. The van der Waals surface area contributed by atoms with E-state index in [0.717, 1.165) is 26.2 Å². The predicted molar refractivity (Wildman–Crippen MR) is 73.0 cm³/mol. The number of hydrogen-bond donors (Lipinski definition) is 1. The molecule has 3 heterocycles. The van der Waals surface area contributed by atoms with Crippen molar-refractivity contribution in [3.8, 4) is 0 Å². The molecule has 4 nitrogen and oxygen atoms in total. The molecule has 1 atom stereocenters. The monoisotopic (exact) mass is 267 g/mol. The van der Waals surface area contributed by atoms with Crippen LogP contribution in [0.4, 0.5) is 0 Å². The number of nitrogens with two attached hydrogens (primary N) is 1. The minimum Gasteiger partial charge on any atom is -0.380 e. The van der Waals surface area contributed by atoms with Crippen molar-refractivity contribution >= 4 is 11.3 Å². The van der Waals surface area contributed by atoms with Gasteiger partial charge in [0.15, 0.2) is 0 Å². The van der Waals surface area contributed by atoms with Crippen LogP contribution in [0.15, 0.2) is 5.38 Å². The first-order valence-electron chi connectivity index (χ1n) is 6.61. The van der Waals surface area contributed by atoms with Crippen LogP contribution in [-0.2, 0) is 11.2 Å². The zero-order valence-electron chi connectivity index (χ0n) is 10.9. The van der Waals surface area contributed by atoms with Gasteiger partial charge >= 0.3 is 0 Å². The van der Waals surface area contributed by atoms with Crippen LogP contribution in [0.2, 0.25) is 0 Å². The Morgan fingerprint density at radius 2 is 2.44 bits per heavy atom. The van der Waals surface area contributed by atoms with Gasteiger partial charge in [-0.3, -0.25) is 0 Å². The zero-order valence-corrected chi connectivity index (χ0v) is 11.7. The Morgan fingerprint density at radius 1 is 1.61 bits per heavy atom. The third kappa shape index (κ3) is 2.32. The second-order valence-electron chi connectivity index (χ2n) is 5.79. The molecule has 5 heteroatoms. The van der Waals surface area contributed by atoms with Crippen molar-refractivity contribution in [1.29, 1.82) is 0 Å². The van der Waals surface area contributed by atoms with Crippen molar-refractivity contribution in [2.24, 2.45) is 11.1 Å².